The second-order valence-corrected chi connectivity index (χ2v) is 4.94. The number of nitrogens with zero attached hydrogens (tertiary/aromatic N) is 2. The largest absolute Gasteiger partial charge is 0.335 e. The van der Waals surface area contributed by atoms with Crippen LogP contribution in [-0.4, -0.2) is 22.8 Å². The molecule has 1 atom stereocenters. The number of rotatable bonds is 3. The van der Waals surface area contributed by atoms with E-state index in [2.05, 4.69) is 4.98 Å². The Morgan fingerprint density at radius 1 is 1.40 bits per heavy atom. The normalized spacial score (nSPS) is 12.0. The zero-order valence-corrected chi connectivity index (χ0v) is 11.9. The van der Waals surface area contributed by atoms with E-state index in [0.717, 1.165) is 5.56 Å². The Balaban J connectivity index is 2.27. The first kappa shape index (κ1) is 14.5. The molecule has 5 heteroatoms. The monoisotopic (exact) mass is 292 g/mol. The summed E-state index contributed by atoms with van der Waals surface area (Å²) in [7, 11) is 1.63. The average Bonchev–Trinajstić information content (AvgIpc) is 2.48. The molecular weight excluding hydrogens is 279 g/mol. The molecule has 0 aliphatic carbocycles. The molecule has 0 saturated carbocycles. The molecule has 2 aromatic rings. The first-order chi connectivity index (χ1) is 9.50. The van der Waals surface area contributed by atoms with Gasteiger partial charge in [-0.15, -0.1) is 0 Å². The second kappa shape index (κ2) is 6.01. The van der Waals surface area contributed by atoms with Crippen molar-refractivity contribution in [1.82, 2.24) is 9.88 Å². The fourth-order valence-corrected chi connectivity index (χ4v) is 2.05. The summed E-state index contributed by atoms with van der Waals surface area (Å²) >= 11 is 5.81. The quantitative estimate of drug-likeness (QED) is 0.864. The zero-order chi connectivity index (χ0) is 14.7. The average molecular weight is 293 g/mol. The lowest BCUT2D eigenvalue weighted by atomic mass is 10.1. The Hall–Kier alpha value is -1.94. The fourth-order valence-electron chi connectivity index (χ4n) is 1.87. The number of hydrogen-bond donors (Lipinski definition) is 0. The van der Waals surface area contributed by atoms with Crippen molar-refractivity contribution in [3.05, 3.63) is 64.7 Å². The fraction of sp³-hybridized carbons (Fsp3) is 0.200. The topological polar surface area (TPSA) is 33.2 Å². The van der Waals surface area contributed by atoms with Crippen molar-refractivity contribution >= 4 is 17.5 Å². The molecule has 104 valence electrons. The highest BCUT2D eigenvalue weighted by Gasteiger charge is 2.21. The number of amides is 1. The van der Waals surface area contributed by atoms with Gasteiger partial charge in [-0.05, 0) is 36.8 Å². The van der Waals surface area contributed by atoms with E-state index in [4.69, 9.17) is 11.6 Å². The molecular formula is C15H14ClFN2O. The molecule has 0 spiro atoms. The van der Waals surface area contributed by atoms with Gasteiger partial charge in [0.1, 0.15) is 5.82 Å². The first-order valence-corrected chi connectivity index (χ1v) is 6.50. The van der Waals surface area contributed by atoms with Crippen molar-refractivity contribution in [1.29, 1.82) is 0 Å². The maximum absolute atomic E-state index is 13.7. The third kappa shape index (κ3) is 2.96. The predicted molar refractivity (Wildman–Crippen MR) is 76.2 cm³/mol. The number of pyridine rings is 1. The lowest BCUT2D eigenvalue weighted by Gasteiger charge is -2.25. The van der Waals surface area contributed by atoms with Crippen LogP contribution in [-0.2, 0) is 0 Å². The highest BCUT2D eigenvalue weighted by atomic mass is 35.5. The van der Waals surface area contributed by atoms with Gasteiger partial charge in [-0.1, -0.05) is 17.7 Å². The minimum atomic E-state index is -0.579. The predicted octanol–water partition coefficient (Wildman–Crippen LogP) is 3.71. The standard InChI is InChI=1S/C15H14ClFN2O/c1-10(11-4-3-7-18-9-11)19(2)15(20)13-8-12(16)5-6-14(13)17/h3-10H,1-2H3/t10-/m1/s1. The summed E-state index contributed by atoms with van der Waals surface area (Å²) in [5.41, 5.74) is 0.849. The first-order valence-electron chi connectivity index (χ1n) is 6.13. The van der Waals surface area contributed by atoms with E-state index >= 15 is 0 Å². The summed E-state index contributed by atoms with van der Waals surface area (Å²) in [6.07, 6.45) is 3.34. The summed E-state index contributed by atoms with van der Waals surface area (Å²) in [5, 5.41) is 0.331. The molecule has 0 fully saturated rings. The summed E-state index contributed by atoms with van der Waals surface area (Å²) in [6, 6.07) is 7.40. The van der Waals surface area contributed by atoms with Gasteiger partial charge in [0, 0.05) is 24.5 Å². The molecule has 1 aromatic carbocycles. The number of aromatic nitrogens is 1. The van der Waals surface area contributed by atoms with E-state index in [9.17, 15) is 9.18 Å². The van der Waals surface area contributed by atoms with Crippen LogP contribution >= 0.6 is 11.6 Å². The van der Waals surface area contributed by atoms with E-state index < -0.39 is 11.7 Å². The van der Waals surface area contributed by atoms with Gasteiger partial charge in [0.2, 0.25) is 0 Å². The number of halogens is 2. The highest BCUT2D eigenvalue weighted by Crippen LogP contribution is 2.22. The van der Waals surface area contributed by atoms with Gasteiger partial charge in [0.05, 0.1) is 11.6 Å². The zero-order valence-electron chi connectivity index (χ0n) is 11.2. The van der Waals surface area contributed by atoms with Gasteiger partial charge in [-0.3, -0.25) is 9.78 Å². The second-order valence-electron chi connectivity index (χ2n) is 4.50. The molecule has 3 nitrogen and oxygen atoms in total. The van der Waals surface area contributed by atoms with Crippen molar-refractivity contribution in [3.63, 3.8) is 0 Å². The Kier molecular flexibility index (Phi) is 4.35. The van der Waals surface area contributed by atoms with Crippen molar-refractivity contribution in [2.24, 2.45) is 0 Å². The SMILES string of the molecule is C[C@H](c1cccnc1)N(C)C(=O)c1cc(Cl)ccc1F. The minimum Gasteiger partial charge on any atom is -0.335 e. The van der Waals surface area contributed by atoms with Crippen LogP contribution in [0.15, 0.2) is 42.7 Å². The molecule has 1 aromatic heterocycles. The van der Waals surface area contributed by atoms with Crippen LogP contribution in [0.4, 0.5) is 4.39 Å². The summed E-state index contributed by atoms with van der Waals surface area (Å²) in [4.78, 5) is 17.8. The summed E-state index contributed by atoms with van der Waals surface area (Å²) < 4.78 is 13.7. The molecule has 0 unspecified atom stereocenters. The van der Waals surface area contributed by atoms with Crippen LogP contribution in [0.2, 0.25) is 5.02 Å². The van der Waals surface area contributed by atoms with E-state index in [1.54, 1.807) is 25.5 Å². The summed E-state index contributed by atoms with van der Waals surface area (Å²) in [5.74, 6) is -0.994. The number of hydrogen-bond acceptors (Lipinski definition) is 2. The van der Waals surface area contributed by atoms with E-state index in [-0.39, 0.29) is 11.6 Å². The van der Waals surface area contributed by atoms with Crippen molar-refractivity contribution in [2.75, 3.05) is 7.05 Å². The lowest BCUT2D eigenvalue weighted by Crippen LogP contribution is -2.30. The molecule has 0 saturated heterocycles. The smallest absolute Gasteiger partial charge is 0.257 e. The Labute approximate surface area is 122 Å². The highest BCUT2D eigenvalue weighted by molar-refractivity contribution is 6.31. The van der Waals surface area contributed by atoms with Crippen molar-refractivity contribution < 1.29 is 9.18 Å². The van der Waals surface area contributed by atoms with Crippen LogP contribution in [0.25, 0.3) is 0 Å². The lowest BCUT2D eigenvalue weighted by molar-refractivity contribution is 0.0737. The van der Waals surface area contributed by atoms with Crippen LogP contribution in [0.5, 0.6) is 0 Å². The molecule has 0 radical (unpaired) electrons. The molecule has 1 amide bonds. The van der Waals surface area contributed by atoms with E-state index in [1.807, 2.05) is 13.0 Å². The Morgan fingerprint density at radius 3 is 2.80 bits per heavy atom. The van der Waals surface area contributed by atoms with Crippen LogP contribution in [0, 0.1) is 5.82 Å². The van der Waals surface area contributed by atoms with Gasteiger partial charge in [-0.25, -0.2) is 4.39 Å². The van der Waals surface area contributed by atoms with Gasteiger partial charge in [0.15, 0.2) is 0 Å². The van der Waals surface area contributed by atoms with Gasteiger partial charge >= 0.3 is 0 Å². The summed E-state index contributed by atoms with van der Waals surface area (Å²) in [6.45, 7) is 1.86. The van der Waals surface area contributed by atoms with E-state index in [0.29, 0.717) is 5.02 Å². The molecule has 0 bridgehead atoms. The van der Waals surface area contributed by atoms with Crippen LogP contribution in [0.3, 0.4) is 0 Å². The van der Waals surface area contributed by atoms with Crippen LogP contribution in [0.1, 0.15) is 28.9 Å². The maximum atomic E-state index is 13.7. The Bertz CT molecular complexity index is 619. The molecule has 2 rings (SSSR count). The van der Waals surface area contributed by atoms with Crippen molar-refractivity contribution in [3.8, 4) is 0 Å². The number of carbonyl (C=O) groups is 1. The minimum absolute atomic E-state index is 0.0317. The van der Waals surface area contributed by atoms with Crippen molar-refractivity contribution in [2.45, 2.75) is 13.0 Å². The number of benzene rings is 1. The third-order valence-corrected chi connectivity index (χ3v) is 3.46. The number of carbonyl (C=O) groups excluding carboxylic acids is 1. The van der Waals surface area contributed by atoms with Gasteiger partial charge in [-0.2, -0.15) is 0 Å². The molecule has 0 aliphatic rings. The molecule has 1 heterocycles. The van der Waals surface area contributed by atoms with E-state index in [1.165, 1.54) is 23.1 Å². The van der Waals surface area contributed by atoms with Gasteiger partial charge < -0.3 is 4.90 Å². The van der Waals surface area contributed by atoms with Crippen LogP contribution < -0.4 is 0 Å². The maximum Gasteiger partial charge on any atom is 0.257 e. The molecule has 0 aliphatic heterocycles. The van der Waals surface area contributed by atoms with Gasteiger partial charge in [0.25, 0.3) is 5.91 Å². The third-order valence-electron chi connectivity index (χ3n) is 3.23. The molecule has 0 N–H and O–H groups in total. The Morgan fingerprint density at radius 2 is 2.15 bits per heavy atom. The molecule has 20 heavy (non-hydrogen) atoms.